The van der Waals surface area contributed by atoms with Gasteiger partial charge in [-0.05, 0) is 116 Å². The van der Waals surface area contributed by atoms with Gasteiger partial charge in [0.2, 0.25) is 0 Å². The molecule has 38 heavy (non-hydrogen) atoms. The molecule has 4 aliphatic rings. The molecule has 0 unspecified atom stereocenters. The number of fused-ring (bicyclic) bond motifs is 5. The molecule has 8 atom stereocenters. The Kier molecular flexibility index (Phi) is 8.05. The summed E-state index contributed by atoms with van der Waals surface area (Å²) in [6.07, 6.45) is 16.8. The minimum absolute atomic E-state index is 0.00289. The third kappa shape index (κ3) is 5.08. The van der Waals surface area contributed by atoms with E-state index in [4.69, 9.17) is 9.47 Å². The largest absolute Gasteiger partial charge is 0.497 e. The summed E-state index contributed by atoms with van der Waals surface area (Å²) in [4.78, 5) is 12.8. The van der Waals surface area contributed by atoms with Gasteiger partial charge >= 0.3 is 5.97 Å². The zero-order chi connectivity index (χ0) is 27.1. The first-order valence-electron chi connectivity index (χ1n) is 15.7. The number of ether oxygens (including phenoxy) is 2. The van der Waals surface area contributed by atoms with Crippen molar-refractivity contribution in [3.8, 4) is 5.75 Å². The molecule has 0 amide bonds. The number of hydrogen-bond donors (Lipinski definition) is 0. The molecule has 3 heteroatoms. The van der Waals surface area contributed by atoms with Gasteiger partial charge in [-0.3, -0.25) is 0 Å². The summed E-state index contributed by atoms with van der Waals surface area (Å²) in [6, 6.07) is 7.26. The molecular formula is C35H52O3. The van der Waals surface area contributed by atoms with Crippen LogP contribution in [0, 0.1) is 46.3 Å². The van der Waals surface area contributed by atoms with Crippen molar-refractivity contribution in [3.63, 3.8) is 0 Å². The van der Waals surface area contributed by atoms with Gasteiger partial charge in [-0.25, -0.2) is 4.79 Å². The third-order valence-corrected chi connectivity index (χ3v) is 11.9. The van der Waals surface area contributed by atoms with Crippen LogP contribution in [0.25, 0.3) is 0 Å². The highest BCUT2D eigenvalue weighted by Gasteiger charge is 2.59. The molecule has 5 rings (SSSR count). The van der Waals surface area contributed by atoms with Crippen molar-refractivity contribution < 1.29 is 14.3 Å². The van der Waals surface area contributed by atoms with Crippen LogP contribution in [0.5, 0.6) is 5.75 Å². The number of allylic oxidation sites excluding steroid dienone is 1. The van der Waals surface area contributed by atoms with Gasteiger partial charge in [0.1, 0.15) is 11.9 Å². The molecule has 3 nitrogen and oxygen atoms in total. The van der Waals surface area contributed by atoms with Gasteiger partial charge in [-0.1, -0.05) is 65.5 Å². The summed E-state index contributed by atoms with van der Waals surface area (Å²) < 4.78 is 11.3. The van der Waals surface area contributed by atoms with E-state index in [0.29, 0.717) is 11.0 Å². The Morgan fingerprint density at radius 2 is 1.74 bits per heavy atom. The summed E-state index contributed by atoms with van der Waals surface area (Å²) in [5, 5.41) is 0. The Morgan fingerprint density at radius 1 is 0.974 bits per heavy atom. The second-order valence-corrected chi connectivity index (χ2v) is 14.3. The minimum atomic E-state index is -0.205. The molecule has 0 radical (unpaired) electrons. The van der Waals surface area contributed by atoms with E-state index in [1.54, 1.807) is 24.8 Å². The second-order valence-electron chi connectivity index (χ2n) is 14.3. The summed E-state index contributed by atoms with van der Waals surface area (Å²) in [5.74, 6) is 5.68. The molecule has 3 saturated carbocycles. The van der Waals surface area contributed by atoms with Gasteiger partial charge in [0, 0.05) is 6.42 Å². The van der Waals surface area contributed by atoms with Crippen molar-refractivity contribution in [3.05, 3.63) is 41.5 Å². The number of benzene rings is 1. The maximum Gasteiger partial charge on any atom is 0.338 e. The predicted molar refractivity (Wildman–Crippen MR) is 155 cm³/mol. The second kappa shape index (κ2) is 11.0. The standard InChI is InChI=1S/C35H52O3/c1-23(2)8-7-9-24(3)30-16-17-31-29-15-12-26-22-28(38-33(36)25-10-13-27(37-6)14-11-25)18-20-34(26,4)32(29)19-21-35(30,31)5/h10-14,23-24,28-32H,7-9,15-22H2,1-6H3/t24-,28-,29+,30-,31+,32+,34-,35+/m0/s1. The fourth-order valence-corrected chi connectivity index (χ4v) is 9.70. The lowest BCUT2D eigenvalue weighted by atomic mass is 9.47. The van der Waals surface area contributed by atoms with E-state index in [9.17, 15) is 4.79 Å². The minimum Gasteiger partial charge on any atom is -0.497 e. The lowest BCUT2D eigenvalue weighted by molar-refractivity contribution is -0.0594. The average molecular weight is 521 g/mol. The number of methoxy groups -OCH3 is 1. The van der Waals surface area contributed by atoms with Crippen molar-refractivity contribution in [2.75, 3.05) is 7.11 Å². The van der Waals surface area contributed by atoms with Crippen LogP contribution in [0.4, 0.5) is 0 Å². The van der Waals surface area contributed by atoms with E-state index in [1.807, 2.05) is 12.1 Å². The summed E-state index contributed by atoms with van der Waals surface area (Å²) in [7, 11) is 1.64. The van der Waals surface area contributed by atoms with Crippen LogP contribution in [0.15, 0.2) is 35.9 Å². The van der Waals surface area contributed by atoms with E-state index in [-0.39, 0.29) is 17.5 Å². The summed E-state index contributed by atoms with van der Waals surface area (Å²) in [6.45, 7) is 12.5. The van der Waals surface area contributed by atoms with E-state index < -0.39 is 0 Å². The average Bonchev–Trinajstić information content (AvgIpc) is 3.26. The molecule has 0 aromatic heterocycles. The lowest BCUT2D eigenvalue weighted by Gasteiger charge is -2.58. The molecule has 0 N–H and O–H groups in total. The van der Waals surface area contributed by atoms with Gasteiger partial charge < -0.3 is 9.47 Å². The summed E-state index contributed by atoms with van der Waals surface area (Å²) >= 11 is 0. The number of rotatable bonds is 8. The maximum absolute atomic E-state index is 12.8. The van der Waals surface area contributed by atoms with Crippen LogP contribution >= 0.6 is 0 Å². The Morgan fingerprint density at radius 3 is 2.45 bits per heavy atom. The van der Waals surface area contributed by atoms with Crippen LogP contribution in [-0.2, 0) is 4.74 Å². The van der Waals surface area contributed by atoms with Crippen LogP contribution in [0.1, 0.15) is 116 Å². The predicted octanol–water partition coefficient (Wildman–Crippen LogP) is 9.26. The Bertz CT molecular complexity index is 1010. The molecule has 0 heterocycles. The number of esters is 1. The SMILES string of the molecule is COc1ccc(C(=O)O[C@H]2CC[C@@]3(C)C(=CC[C@@H]4[C@H]5CC[C@@H]([C@@H](C)CCCC(C)C)[C@@]5(C)CC[C@H]43)C2)cc1. The van der Waals surface area contributed by atoms with Gasteiger partial charge in [-0.2, -0.15) is 0 Å². The molecule has 3 fully saturated rings. The molecule has 0 bridgehead atoms. The van der Waals surface area contributed by atoms with Crippen molar-refractivity contribution in [1.29, 1.82) is 0 Å². The monoisotopic (exact) mass is 520 g/mol. The van der Waals surface area contributed by atoms with E-state index in [1.165, 1.54) is 51.4 Å². The molecule has 0 saturated heterocycles. The van der Waals surface area contributed by atoms with Gasteiger partial charge in [-0.15, -0.1) is 0 Å². The fourth-order valence-electron chi connectivity index (χ4n) is 9.70. The van der Waals surface area contributed by atoms with Crippen molar-refractivity contribution in [2.45, 2.75) is 111 Å². The topological polar surface area (TPSA) is 35.5 Å². The van der Waals surface area contributed by atoms with Crippen LogP contribution < -0.4 is 4.74 Å². The van der Waals surface area contributed by atoms with Gasteiger partial charge in [0.25, 0.3) is 0 Å². The lowest BCUT2D eigenvalue weighted by Crippen LogP contribution is -2.51. The smallest absolute Gasteiger partial charge is 0.338 e. The first kappa shape index (κ1) is 27.8. The van der Waals surface area contributed by atoms with Crippen LogP contribution in [0.3, 0.4) is 0 Å². The zero-order valence-electron chi connectivity index (χ0n) is 24.9. The normalized spacial score (nSPS) is 37.0. The quantitative estimate of drug-likeness (QED) is 0.253. The third-order valence-electron chi connectivity index (χ3n) is 11.9. The maximum atomic E-state index is 12.8. The molecule has 1 aromatic rings. The number of carbonyl (C=O) groups is 1. The Labute approximate surface area is 232 Å². The number of carbonyl (C=O) groups excluding carboxylic acids is 1. The van der Waals surface area contributed by atoms with Crippen LogP contribution in [-0.4, -0.2) is 19.2 Å². The van der Waals surface area contributed by atoms with Crippen molar-refractivity contribution in [1.82, 2.24) is 0 Å². The highest BCUT2D eigenvalue weighted by molar-refractivity contribution is 5.89. The number of hydrogen-bond acceptors (Lipinski definition) is 3. The molecule has 1 aromatic carbocycles. The summed E-state index contributed by atoms with van der Waals surface area (Å²) in [5.41, 5.74) is 3.01. The molecule has 4 aliphatic carbocycles. The van der Waals surface area contributed by atoms with E-state index in [0.717, 1.165) is 60.5 Å². The highest BCUT2D eigenvalue weighted by atomic mass is 16.5. The van der Waals surface area contributed by atoms with Crippen molar-refractivity contribution >= 4 is 5.97 Å². The zero-order valence-corrected chi connectivity index (χ0v) is 24.9. The van der Waals surface area contributed by atoms with Crippen molar-refractivity contribution in [2.24, 2.45) is 46.3 Å². The first-order valence-corrected chi connectivity index (χ1v) is 15.7. The Hall–Kier alpha value is -1.77. The van der Waals surface area contributed by atoms with E-state index in [2.05, 4.69) is 40.7 Å². The van der Waals surface area contributed by atoms with Gasteiger partial charge in [0.05, 0.1) is 12.7 Å². The Balaban J connectivity index is 1.24. The van der Waals surface area contributed by atoms with Gasteiger partial charge in [0.15, 0.2) is 0 Å². The highest BCUT2D eigenvalue weighted by Crippen LogP contribution is 2.67. The molecule has 210 valence electrons. The molecule has 0 spiro atoms. The molecule has 0 aliphatic heterocycles. The first-order chi connectivity index (χ1) is 18.2. The molecular weight excluding hydrogens is 468 g/mol. The van der Waals surface area contributed by atoms with Crippen LogP contribution in [0.2, 0.25) is 0 Å². The van der Waals surface area contributed by atoms with E-state index >= 15 is 0 Å². The fraction of sp³-hybridized carbons (Fsp3) is 0.743.